The molecule has 0 fully saturated rings. The second kappa shape index (κ2) is 7.03. The molecule has 1 N–H and O–H groups in total. The lowest BCUT2D eigenvalue weighted by molar-refractivity contribution is -0.384. The highest BCUT2D eigenvalue weighted by atomic mass is 32.2. The first-order chi connectivity index (χ1) is 10.1. The first kappa shape index (κ1) is 15.2. The van der Waals surface area contributed by atoms with E-state index in [4.69, 9.17) is 0 Å². The molecule has 2 aromatic rings. The van der Waals surface area contributed by atoms with Gasteiger partial charge >= 0.3 is 0 Å². The van der Waals surface area contributed by atoms with E-state index >= 15 is 0 Å². The molecule has 0 saturated heterocycles. The van der Waals surface area contributed by atoms with Crippen molar-refractivity contribution in [3.05, 3.63) is 46.3 Å². The fourth-order valence-electron chi connectivity index (χ4n) is 1.75. The maximum absolute atomic E-state index is 10.6. The molecule has 7 heteroatoms. The van der Waals surface area contributed by atoms with Gasteiger partial charge in [-0.2, -0.15) is 0 Å². The van der Waals surface area contributed by atoms with Gasteiger partial charge < -0.3 is 5.32 Å². The minimum Gasteiger partial charge on any atom is -0.373 e. The van der Waals surface area contributed by atoms with Gasteiger partial charge in [0.1, 0.15) is 16.7 Å². The molecule has 6 nitrogen and oxygen atoms in total. The molecule has 1 aromatic carbocycles. The van der Waals surface area contributed by atoms with E-state index in [2.05, 4.69) is 22.2 Å². The number of hydrogen-bond acceptors (Lipinski definition) is 6. The molecular weight excluding hydrogens is 288 g/mol. The molecule has 0 saturated carbocycles. The highest BCUT2D eigenvalue weighted by Crippen LogP contribution is 2.28. The van der Waals surface area contributed by atoms with Gasteiger partial charge in [-0.25, -0.2) is 9.97 Å². The first-order valence-corrected chi connectivity index (χ1v) is 7.42. The maximum atomic E-state index is 10.6. The molecule has 21 heavy (non-hydrogen) atoms. The third-order valence-electron chi connectivity index (χ3n) is 2.75. The summed E-state index contributed by atoms with van der Waals surface area (Å²) in [5, 5.41) is 14.5. The number of nitro benzene ring substituents is 1. The van der Waals surface area contributed by atoms with Crippen LogP contribution in [0.2, 0.25) is 0 Å². The van der Waals surface area contributed by atoms with E-state index in [0.29, 0.717) is 0 Å². The number of non-ortho nitro benzene ring substituents is 1. The SMILES string of the molecule is CCCc1nc(NC)cc(Sc2ccc([N+](=O)[O-])cc2)n1. The summed E-state index contributed by atoms with van der Waals surface area (Å²) in [7, 11) is 1.82. The molecule has 0 bridgehead atoms. The lowest BCUT2D eigenvalue weighted by Crippen LogP contribution is -2.01. The van der Waals surface area contributed by atoms with Crippen molar-refractivity contribution >= 4 is 23.3 Å². The highest BCUT2D eigenvalue weighted by Gasteiger charge is 2.08. The zero-order chi connectivity index (χ0) is 15.2. The Bertz CT molecular complexity index is 631. The van der Waals surface area contributed by atoms with Gasteiger partial charge in [-0.3, -0.25) is 10.1 Å². The average Bonchev–Trinajstić information content (AvgIpc) is 2.48. The van der Waals surface area contributed by atoms with Crippen LogP contribution < -0.4 is 5.32 Å². The van der Waals surface area contributed by atoms with Gasteiger partial charge in [0.05, 0.1) is 4.92 Å². The Labute approximate surface area is 127 Å². The normalized spacial score (nSPS) is 10.4. The summed E-state index contributed by atoms with van der Waals surface area (Å²) in [4.78, 5) is 20.0. The van der Waals surface area contributed by atoms with Crippen molar-refractivity contribution < 1.29 is 4.92 Å². The predicted molar refractivity (Wildman–Crippen MR) is 82.8 cm³/mol. The minimum absolute atomic E-state index is 0.0876. The van der Waals surface area contributed by atoms with E-state index in [0.717, 1.165) is 34.4 Å². The number of anilines is 1. The summed E-state index contributed by atoms with van der Waals surface area (Å²) in [5.41, 5.74) is 0.0876. The van der Waals surface area contributed by atoms with Crippen LogP contribution in [0, 0.1) is 10.1 Å². The van der Waals surface area contributed by atoms with Crippen LogP contribution in [0.3, 0.4) is 0 Å². The molecule has 0 spiro atoms. The van der Waals surface area contributed by atoms with Crippen molar-refractivity contribution in [2.75, 3.05) is 12.4 Å². The first-order valence-electron chi connectivity index (χ1n) is 6.60. The third kappa shape index (κ3) is 4.16. The Kier molecular flexibility index (Phi) is 5.10. The zero-order valence-electron chi connectivity index (χ0n) is 11.9. The standard InChI is InChI=1S/C14H16N4O2S/c1-3-4-12-16-13(15-2)9-14(17-12)21-11-7-5-10(6-8-11)18(19)20/h5-9H,3-4H2,1-2H3,(H,15,16,17). The predicted octanol–water partition coefficient (Wildman–Crippen LogP) is 3.53. The zero-order valence-corrected chi connectivity index (χ0v) is 12.7. The van der Waals surface area contributed by atoms with Crippen LogP contribution in [-0.4, -0.2) is 21.9 Å². The van der Waals surface area contributed by atoms with Crippen LogP contribution in [0.1, 0.15) is 19.2 Å². The van der Waals surface area contributed by atoms with E-state index in [1.165, 1.54) is 23.9 Å². The van der Waals surface area contributed by atoms with E-state index < -0.39 is 4.92 Å². The summed E-state index contributed by atoms with van der Waals surface area (Å²) >= 11 is 1.46. The molecule has 1 aromatic heterocycles. The molecule has 0 atom stereocenters. The largest absolute Gasteiger partial charge is 0.373 e. The van der Waals surface area contributed by atoms with Crippen LogP contribution in [0.4, 0.5) is 11.5 Å². The summed E-state index contributed by atoms with van der Waals surface area (Å²) in [6.45, 7) is 2.08. The molecule has 0 aliphatic rings. The fraction of sp³-hybridized carbons (Fsp3) is 0.286. The van der Waals surface area contributed by atoms with Crippen molar-refractivity contribution in [3.8, 4) is 0 Å². The molecule has 0 aliphatic heterocycles. The quantitative estimate of drug-likeness (QED) is 0.499. The molecule has 110 valence electrons. The molecule has 2 rings (SSSR count). The Morgan fingerprint density at radius 3 is 2.57 bits per heavy atom. The summed E-state index contributed by atoms with van der Waals surface area (Å²) in [5.74, 6) is 1.58. The van der Waals surface area contributed by atoms with E-state index in [-0.39, 0.29) is 5.69 Å². The van der Waals surface area contributed by atoms with Gasteiger partial charge in [0.15, 0.2) is 0 Å². The Balaban J connectivity index is 2.21. The minimum atomic E-state index is -0.405. The second-order valence-corrected chi connectivity index (χ2v) is 5.45. The van der Waals surface area contributed by atoms with E-state index in [1.807, 2.05) is 13.1 Å². The van der Waals surface area contributed by atoms with Crippen LogP contribution in [0.5, 0.6) is 0 Å². The van der Waals surface area contributed by atoms with Crippen LogP contribution in [-0.2, 0) is 6.42 Å². The Morgan fingerprint density at radius 1 is 1.29 bits per heavy atom. The van der Waals surface area contributed by atoms with Gasteiger partial charge in [0.25, 0.3) is 5.69 Å². The van der Waals surface area contributed by atoms with Crippen LogP contribution in [0.25, 0.3) is 0 Å². The van der Waals surface area contributed by atoms with Crippen molar-refractivity contribution in [1.82, 2.24) is 9.97 Å². The Hall–Kier alpha value is -2.15. The van der Waals surface area contributed by atoms with Gasteiger partial charge in [0, 0.05) is 36.6 Å². The number of aromatic nitrogens is 2. The van der Waals surface area contributed by atoms with Crippen molar-refractivity contribution in [2.45, 2.75) is 29.7 Å². The van der Waals surface area contributed by atoms with Crippen molar-refractivity contribution in [2.24, 2.45) is 0 Å². The molecule has 0 aliphatic carbocycles. The summed E-state index contributed by atoms with van der Waals surface area (Å²) in [6, 6.07) is 8.31. The molecular formula is C14H16N4O2S. The highest BCUT2D eigenvalue weighted by molar-refractivity contribution is 7.99. The summed E-state index contributed by atoms with van der Waals surface area (Å²) in [6.07, 6.45) is 1.80. The van der Waals surface area contributed by atoms with Crippen LogP contribution in [0.15, 0.2) is 40.3 Å². The smallest absolute Gasteiger partial charge is 0.269 e. The number of benzene rings is 1. The van der Waals surface area contributed by atoms with Gasteiger partial charge in [0.2, 0.25) is 0 Å². The van der Waals surface area contributed by atoms with Crippen molar-refractivity contribution in [3.63, 3.8) is 0 Å². The van der Waals surface area contributed by atoms with Gasteiger partial charge in [-0.1, -0.05) is 18.7 Å². The van der Waals surface area contributed by atoms with Crippen LogP contribution >= 0.6 is 11.8 Å². The third-order valence-corrected chi connectivity index (χ3v) is 3.67. The molecule has 1 heterocycles. The maximum Gasteiger partial charge on any atom is 0.269 e. The Morgan fingerprint density at radius 2 is 2.00 bits per heavy atom. The number of hydrogen-bond donors (Lipinski definition) is 1. The van der Waals surface area contributed by atoms with Crippen molar-refractivity contribution in [1.29, 1.82) is 0 Å². The molecule has 0 amide bonds. The lowest BCUT2D eigenvalue weighted by Gasteiger charge is -2.07. The topological polar surface area (TPSA) is 81.0 Å². The molecule has 0 unspecified atom stereocenters. The molecule has 0 radical (unpaired) electrons. The lowest BCUT2D eigenvalue weighted by atomic mass is 10.3. The number of nitrogens with zero attached hydrogens (tertiary/aromatic N) is 3. The number of aryl methyl sites for hydroxylation is 1. The monoisotopic (exact) mass is 304 g/mol. The second-order valence-electron chi connectivity index (χ2n) is 4.36. The average molecular weight is 304 g/mol. The number of nitro groups is 1. The number of nitrogens with one attached hydrogen (secondary N) is 1. The van der Waals surface area contributed by atoms with E-state index in [9.17, 15) is 10.1 Å². The fourth-order valence-corrected chi connectivity index (χ4v) is 2.58. The summed E-state index contributed by atoms with van der Waals surface area (Å²) < 4.78 is 0. The van der Waals surface area contributed by atoms with E-state index in [1.54, 1.807) is 12.1 Å². The number of rotatable bonds is 6. The van der Waals surface area contributed by atoms with Gasteiger partial charge in [-0.15, -0.1) is 0 Å². The van der Waals surface area contributed by atoms with Gasteiger partial charge in [-0.05, 0) is 18.6 Å².